The molecule has 2 rings (SSSR count). The van der Waals surface area contributed by atoms with Gasteiger partial charge in [0.05, 0.1) is 38.1 Å². The van der Waals surface area contributed by atoms with Crippen molar-refractivity contribution < 1.29 is 14.6 Å². The Hall–Kier alpha value is -2.55. The van der Waals surface area contributed by atoms with Crippen LogP contribution in [0.5, 0.6) is 5.75 Å². The van der Waals surface area contributed by atoms with Crippen LogP contribution >= 0.6 is 0 Å². The summed E-state index contributed by atoms with van der Waals surface area (Å²) < 4.78 is 10.7. The van der Waals surface area contributed by atoms with E-state index in [0.29, 0.717) is 18.7 Å². The van der Waals surface area contributed by atoms with Crippen molar-refractivity contribution >= 4 is 5.69 Å². The number of hydrogen-bond donors (Lipinski definition) is 1. The second-order valence-corrected chi connectivity index (χ2v) is 5.56. The number of rotatable bonds is 8. The highest BCUT2D eigenvalue weighted by Gasteiger charge is 2.09. The van der Waals surface area contributed by atoms with Gasteiger partial charge in [-0.3, -0.25) is 0 Å². The molecule has 0 bridgehead atoms. The summed E-state index contributed by atoms with van der Waals surface area (Å²) in [6, 6.07) is 17.0. The average Bonchev–Trinajstić information content (AvgIpc) is 2.62. The molecule has 0 heterocycles. The number of nitrogens with zero attached hydrogens (tertiary/aromatic N) is 2. The first kappa shape index (κ1) is 17.8. The van der Waals surface area contributed by atoms with Crippen molar-refractivity contribution in [3.8, 4) is 11.8 Å². The van der Waals surface area contributed by atoms with Gasteiger partial charge in [-0.1, -0.05) is 12.1 Å². The minimum Gasteiger partial charge on any atom is -0.497 e. The molecule has 0 radical (unpaired) electrons. The van der Waals surface area contributed by atoms with Gasteiger partial charge in [0.15, 0.2) is 0 Å². The van der Waals surface area contributed by atoms with Gasteiger partial charge in [0.25, 0.3) is 0 Å². The first-order chi connectivity index (χ1) is 11.6. The van der Waals surface area contributed by atoms with E-state index in [-0.39, 0.29) is 6.61 Å². The predicted molar refractivity (Wildman–Crippen MR) is 93.1 cm³/mol. The molecule has 1 atom stereocenters. The molecule has 0 aliphatic heterocycles. The lowest BCUT2D eigenvalue weighted by Crippen LogP contribution is -2.32. The molecule has 0 saturated heterocycles. The lowest BCUT2D eigenvalue weighted by Gasteiger charge is -2.22. The zero-order chi connectivity index (χ0) is 17.4. The molecule has 126 valence electrons. The standard InChI is InChI=1S/C19H22N2O3/c1-21(17-8-6-15(11-20)7-9-17)12-18(22)14-24-13-16-4-3-5-19(10-16)23-2/h3-10,18,22H,12-14H2,1-2H3/t18-/m1/s1. The van der Waals surface area contributed by atoms with Crippen LogP contribution in [0.2, 0.25) is 0 Å². The van der Waals surface area contributed by atoms with Crippen LogP contribution in [0.3, 0.4) is 0 Å². The lowest BCUT2D eigenvalue weighted by molar-refractivity contribution is 0.0324. The summed E-state index contributed by atoms with van der Waals surface area (Å²) in [4.78, 5) is 1.93. The Morgan fingerprint density at radius 2 is 1.96 bits per heavy atom. The first-order valence-electron chi connectivity index (χ1n) is 7.72. The molecule has 0 aromatic heterocycles. The Bertz CT molecular complexity index is 680. The van der Waals surface area contributed by atoms with E-state index >= 15 is 0 Å². The Kier molecular flexibility index (Phi) is 6.62. The van der Waals surface area contributed by atoms with Gasteiger partial charge in [0.1, 0.15) is 5.75 Å². The number of anilines is 1. The molecule has 0 saturated carbocycles. The fraction of sp³-hybridized carbons (Fsp3) is 0.316. The molecule has 5 heteroatoms. The molecule has 0 fully saturated rings. The van der Waals surface area contributed by atoms with Crippen molar-refractivity contribution in [2.45, 2.75) is 12.7 Å². The summed E-state index contributed by atoms with van der Waals surface area (Å²) in [5.41, 5.74) is 2.57. The number of likely N-dealkylation sites (N-methyl/N-ethyl adjacent to an activating group) is 1. The SMILES string of the molecule is COc1cccc(COC[C@H](O)CN(C)c2ccc(C#N)cc2)c1. The molecule has 0 amide bonds. The maximum absolute atomic E-state index is 10.1. The monoisotopic (exact) mass is 326 g/mol. The second kappa shape index (κ2) is 8.92. The quantitative estimate of drug-likeness (QED) is 0.808. The molecule has 0 unspecified atom stereocenters. The summed E-state index contributed by atoms with van der Waals surface area (Å²) in [7, 11) is 3.52. The van der Waals surface area contributed by atoms with E-state index in [4.69, 9.17) is 14.7 Å². The van der Waals surface area contributed by atoms with Gasteiger partial charge >= 0.3 is 0 Å². The van der Waals surface area contributed by atoms with Crippen LogP contribution in [0.15, 0.2) is 48.5 Å². The van der Waals surface area contributed by atoms with Gasteiger partial charge in [0.2, 0.25) is 0 Å². The van der Waals surface area contributed by atoms with Gasteiger partial charge in [-0.05, 0) is 42.0 Å². The van der Waals surface area contributed by atoms with Crippen LogP contribution in [0.4, 0.5) is 5.69 Å². The average molecular weight is 326 g/mol. The highest BCUT2D eigenvalue weighted by Crippen LogP contribution is 2.15. The van der Waals surface area contributed by atoms with Crippen molar-refractivity contribution in [2.24, 2.45) is 0 Å². The Balaban J connectivity index is 1.77. The Morgan fingerprint density at radius 1 is 1.21 bits per heavy atom. The molecule has 2 aromatic rings. The zero-order valence-electron chi connectivity index (χ0n) is 14.0. The molecule has 0 aliphatic rings. The van der Waals surface area contributed by atoms with Gasteiger partial charge < -0.3 is 19.5 Å². The molecular formula is C19H22N2O3. The third-order valence-electron chi connectivity index (χ3n) is 3.63. The minimum absolute atomic E-state index is 0.248. The van der Waals surface area contributed by atoms with Crippen LogP contribution in [-0.4, -0.2) is 38.5 Å². The van der Waals surface area contributed by atoms with Crippen molar-refractivity contribution in [1.82, 2.24) is 0 Å². The third kappa shape index (κ3) is 5.27. The van der Waals surface area contributed by atoms with Crippen LogP contribution < -0.4 is 9.64 Å². The number of aliphatic hydroxyl groups is 1. The summed E-state index contributed by atoms with van der Waals surface area (Å²) >= 11 is 0. The van der Waals surface area contributed by atoms with Crippen LogP contribution in [-0.2, 0) is 11.3 Å². The normalized spacial score (nSPS) is 11.6. The van der Waals surface area contributed by atoms with Crippen molar-refractivity contribution in [2.75, 3.05) is 32.2 Å². The summed E-state index contributed by atoms with van der Waals surface area (Å²) in [6.07, 6.45) is -0.601. The maximum Gasteiger partial charge on any atom is 0.119 e. The second-order valence-electron chi connectivity index (χ2n) is 5.56. The molecular weight excluding hydrogens is 304 g/mol. The number of aliphatic hydroxyl groups excluding tert-OH is 1. The molecule has 1 N–H and O–H groups in total. The predicted octanol–water partition coefficient (Wildman–Crippen LogP) is 2.58. The fourth-order valence-electron chi connectivity index (χ4n) is 2.34. The molecule has 24 heavy (non-hydrogen) atoms. The van der Waals surface area contributed by atoms with Gasteiger partial charge in [-0.15, -0.1) is 0 Å². The van der Waals surface area contributed by atoms with Gasteiger partial charge in [-0.2, -0.15) is 5.26 Å². The lowest BCUT2D eigenvalue weighted by atomic mass is 10.2. The maximum atomic E-state index is 10.1. The van der Waals surface area contributed by atoms with Crippen LogP contribution in [0.25, 0.3) is 0 Å². The zero-order valence-corrected chi connectivity index (χ0v) is 14.0. The topological polar surface area (TPSA) is 65.7 Å². The highest BCUT2D eigenvalue weighted by molar-refractivity contribution is 5.49. The van der Waals surface area contributed by atoms with Crippen LogP contribution in [0.1, 0.15) is 11.1 Å². The number of ether oxygens (including phenoxy) is 2. The number of hydrogen-bond acceptors (Lipinski definition) is 5. The Morgan fingerprint density at radius 3 is 2.62 bits per heavy atom. The van der Waals surface area contributed by atoms with Crippen molar-refractivity contribution in [3.05, 3.63) is 59.7 Å². The molecule has 0 spiro atoms. The Labute approximate surface area is 142 Å². The number of benzene rings is 2. The molecule has 0 aliphatic carbocycles. The smallest absolute Gasteiger partial charge is 0.119 e. The van der Waals surface area contributed by atoms with E-state index in [9.17, 15) is 5.11 Å². The minimum atomic E-state index is -0.601. The third-order valence-corrected chi connectivity index (χ3v) is 3.63. The fourth-order valence-corrected chi connectivity index (χ4v) is 2.34. The van der Waals surface area contributed by atoms with Crippen LogP contribution in [0, 0.1) is 11.3 Å². The molecule has 2 aromatic carbocycles. The van der Waals surface area contributed by atoms with E-state index in [1.807, 2.05) is 48.3 Å². The highest BCUT2D eigenvalue weighted by atomic mass is 16.5. The number of nitriles is 1. The van der Waals surface area contributed by atoms with E-state index in [1.165, 1.54) is 0 Å². The van der Waals surface area contributed by atoms with Crippen molar-refractivity contribution in [3.63, 3.8) is 0 Å². The van der Waals surface area contributed by atoms with Gasteiger partial charge in [0, 0.05) is 19.3 Å². The van der Waals surface area contributed by atoms with E-state index < -0.39 is 6.10 Å². The summed E-state index contributed by atoms with van der Waals surface area (Å²) in [5.74, 6) is 0.789. The largest absolute Gasteiger partial charge is 0.497 e. The van der Waals surface area contributed by atoms with E-state index in [2.05, 4.69) is 6.07 Å². The summed E-state index contributed by atoms with van der Waals surface area (Å²) in [6.45, 7) is 1.12. The van der Waals surface area contributed by atoms with E-state index in [0.717, 1.165) is 17.0 Å². The first-order valence-corrected chi connectivity index (χ1v) is 7.72. The van der Waals surface area contributed by atoms with E-state index in [1.54, 1.807) is 19.2 Å². The van der Waals surface area contributed by atoms with Crippen molar-refractivity contribution in [1.29, 1.82) is 5.26 Å². The van der Waals surface area contributed by atoms with Gasteiger partial charge in [-0.25, -0.2) is 0 Å². The number of methoxy groups -OCH3 is 1. The molecule has 5 nitrogen and oxygen atoms in total. The summed E-state index contributed by atoms with van der Waals surface area (Å²) in [5, 5.41) is 18.9.